The normalized spacial score (nSPS) is 14.2. The zero-order chi connectivity index (χ0) is 21.8. The van der Waals surface area contributed by atoms with Crippen molar-refractivity contribution >= 4 is 10.1 Å². The van der Waals surface area contributed by atoms with Gasteiger partial charge in [0, 0.05) is 0 Å². The first-order chi connectivity index (χ1) is 13.9. The molecular weight excluding hydrogens is 384 g/mol. The quantitative estimate of drug-likeness (QED) is 0.137. The highest BCUT2D eigenvalue weighted by Crippen LogP contribution is 2.19. The summed E-state index contributed by atoms with van der Waals surface area (Å²) in [6.45, 7) is 4.35. The Morgan fingerprint density at radius 2 is 0.862 bits per heavy atom. The van der Waals surface area contributed by atoms with Crippen LogP contribution in [-0.4, -0.2) is 29.4 Å². The van der Waals surface area contributed by atoms with Crippen molar-refractivity contribution in [2.24, 2.45) is 0 Å². The van der Waals surface area contributed by atoms with Crippen LogP contribution in [0.25, 0.3) is 0 Å². The molecule has 0 heterocycles. The molecule has 0 aromatic carbocycles. The second-order valence-electron chi connectivity index (χ2n) is 8.90. The molecule has 0 aromatic heterocycles. The lowest BCUT2D eigenvalue weighted by atomic mass is 10.0. The van der Waals surface area contributed by atoms with E-state index in [1.807, 2.05) is 0 Å². The average molecular weight is 435 g/mol. The van der Waals surface area contributed by atoms with E-state index in [-0.39, 0.29) is 6.10 Å². The van der Waals surface area contributed by atoms with Gasteiger partial charge in [0.05, 0.1) is 11.4 Å². The number of hydrogen-bond acceptors (Lipinski definition) is 3. The van der Waals surface area contributed by atoms with Gasteiger partial charge in [0.25, 0.3) is 10.1 Å². The van der Waals surface area contributed by atoms with Crippen molar-refractivity contribution in [1.29, 1.82) is 0 Å². The summed E-state index contributed by atoms with van der Waals surface area (Å²) in [5.41, 5.74) is 0. The number of rotatable bonds is 22. The lowest BCUT2D eigenvalue weighted by Crippen LogP contribution is -2.20. The molecule has 4 nitrogen and oxygen atoms in total. The molecule has 0 amide bonds. The summed E-state index contributed by atoms with van der Waals surface area (Å²) in [4.78, 5) is 0. The van der Waals surface area contributed by atoms with Gasteiger partial charge in [0.15, 0.2) is 0 Å². The van der Waals surface area contributed by atoms with Crippen molar-refractivity contribution in [2.45, 2.75) is 154 Å². The zero-order valence-corrected chi connectivity index (χ0v) is 20.2. The van der Waals surface area contributed by atoms with E-state index in [1.54, 1.807) is 0 Å². The van der Waals surface area contributed by atoms with Crippen molar-refractivity contribution in [3.8, 4) is 0 Å². The van der Waals surface area contributed by atoms with Crippen LogP contribution in [0.5, 0.6) is 0 Å². The maximum absolute atomic E-state index is 11.5. The molecule has 0 bridgehead atoms. The molecule has 0 saturated heterocycles. The molecule has 0 radical (unpaired) electrons. The van der Waals surface area contributed by atoms with Crippen LogP contribution in [-0.2, 0) is 10.1 Å². The van der Waals surface area contributed by atoms with Crippen LogP contribution in [0.15, 0.2) is 0 Å². The number of hydrogen-bond donors (Lipinski definition) is 2. The van der Waals surface area contributed by atoms with Crippen LogP contribution in [0.4, 0.5) is 0 Å². The monoisotopic (exact) mass is 434 g/mol. The van der Waals surface area contributed by atoms with Crippen molar-refractivity contribution in [3.63, 3.8) is 0 Å². The van der Waals surface area contributed by atoms with Crippen molar-refractivity contribution < 1.29 is 18.1 Å². The largest absolute Gasteiger partial charge is 0.393 e. The standard InChI is InChI=1S/C24H50O4S/c1-3-5-7-15-19-23(25)20-16-13-11-9-10-12-14-18-22-24(29(26,27)28)21-17-8-6-4-2/h23-25H,3-22H2,1-2H3,(H,26,27,28). The van der Waals surface area contributed by atoms with Gasteiger partial charge >= 0.3 is 0 Å². The van der Waals surface area contributed by atoms with Gasteiger partial charge < -0.3 is 5.11 Å². The molecule has 0 spiro atoms. The summed E-state index contributed by atoms with van der Waals surface area (Å²) >= 11 is 0. The Morgan fingerprint density at radius 3 is 1.21 bits per heavy atom. The summed E-state index contributed by atoms with van der Waals surface area (Å²) in [6.07, 6.45) is 21.2. The number of unbranched alkanes of at least 4 members (excludes halogenated alkanes) is 13. The lowest BCUT2D eigenvalue weighted by Gasteiger charge is -2.13. The molecule has 0 aliphatic carbocycles. The maximum Gasteiger partial charge on any atom is 0.267 e. The molecule has 5 heteroatoms. The van der Waals surface area contributed by atoms with E-state index in [2.05, 4.69) is 13.8 Å². The van der Waals surface area contributed by atoms with Crippen LogP contribution in [0, 0.1) is 0 Å². The van der Waals surface area contributed by atoms with E-state index in [9.17, 15) is 18.1 Å². The van der Waals surface area contributed by atoms with Crippen molar-refractivity contribution in [3.05, 3.63) is 0 Å². The number of aliphatic hydroxyl groups is 1. The van der Waals surface area contributed by atoms with Crippen molar-refractivity contribution in [1.82, 2.24) is 0 Å². The zero-order valence-electron chi connectivity index (χ0n) is 19.4. The van der Waals surface area contributed by atoms with E-state index in [4.69, 9.17) is 0 Å². The van der Waals surface area contributed by atoms with Crippen LogP contribution in [0.3, 0.4) is 0 Å². The minimum absolute atomic E-state index is 0.107. The minimum Gasteiger partial charge on any atom is -0.393 e. The molecule has 0 aliphatic rings. The Balaban J connectivity index is 3.56. The summed E-state index contributed by atoms with van der Waals surface area (Å²) in [5, 5.41) is 9.41. The predicted octanol–water partition coefficient (Wildman–Crippen LogP) is 7.45. The van der Waals surface area contributed by atoms with Gasteiger partial charge in [0.1, 0.15) is 0 Å². The third-order valence-corrected chi connectivity index (χ3v) is 7.32. The molecule has 0 fully saturated rings. The summed E-state index contributed by atoms with van der Waals surface area (Å²) in [6, 6.07) is 0. The molecule has 0 rings (SSSR count). The van der Waals surface area contributed by atoms with E-state index in [0.717, 1.165) is 70.6 Å². The second-order valence-corrected chi connectivity index (χ2v) is 10.6. The Bertz CT molecular complexity index is 436. The van der Waals surface area contributed by atoms with E-state index in [0.29, 0.717) is 12.8 Å². The Labute approximate surface area is 182 Å². The molecule has 0 aromatic rings. The SMILES string of the molecule is CCCCCCC(O)CCCCCCCCCCC(CCCCCC)S(=O)(=O)O. The molecule has 2 unspecified atom stereocenters. The summed E-state index contributed by atoms with van der Waals surface area (Å²) in [5.74, 6) is 0. The van der Waals surface area contributed by atoms with Gasteiger partial charge in [-0.3, -0.25) is 4.55 Å². The summed E-state index contributed by atoms with van der Waals surface area (Å²) < 4.78 is 32.5. The Kier molecular flexibility index (Phi) is 19.7. The minimum atomic E-state index is -3.90. The highest BCUT2D eigenvalue weighted by atomic mass is 32.2. The highest BCUT2D eigenvalue weighted by Gasteiger charge is 2.21. The maximum atomic E-state index is 11.5. The second kappa shape index (κ2) is 19.8. The molecule has 0 aliphatic heterocycles. The fourth-order valence-electron chi connectivity index (χ4n) is 4.00. The third-order valence-electron chi connectivity index (χ3n) is 6.01. The molecule has 0 saturated carbocycles. The van der Waals surface area contributed by atoms with E-state index in [1.165, 1.54) is 44.9 Å². The Hall–Kier alpha value is -0.130. The van der Waals surface area contributed by atoms with Crippen LogP contribution in [0.2, 0.25) is 0 Å². The van der Waals surface area contributed by atoms with E-state index >= 15 is 0 Å². The van der Waals surface area contributed by atoms with Gasteiger partial charge in [-0.15, -0.1) is 0 Å². The first-order valence-corrected chi connectivity index (χ1v) is 14.1. The predicted molar refractivity (Wildman–Crippen MR) is 125 cm³/mol. The molecule has 29 heavy (non-hydrogen) atoms. The first kappa shape index (κ1) is 28.9. The fraction of sp³-hybridized carbons (Fsp3) is 1.00. The average Bonchev–Trinajstić information content (AvgIpc) is 2.67. The van der Waals surface area contributed by atoms with Gasteiger partial charge in [0.2, 0.25) is 0 Å². The smallest absolute Gasteiger partial charge is 0.267 e. The first-order valence-electron chi connectivity index (χ1n) is 12.6. The lowest BCUT2D eigenvalue weighted by molar-refractivity contribution is 0.147. The van der Waals surface area contributed by atoms with Gasteiger partial charge in [-0.1, -0.05) is 117 Å². The highest BCUT2D eigenvalue weighted by molar-refractivity contribution is 7.86. The van der Waals surface area contributed by atoms with Gasteiger partial charge in [-0.05, 0) is 25.7 Å². The summed E-state index contributed by atoms with van der Waals surface area (Å²) in [7, 11) is -3.90. The number of aliphatic hydroxyl groups excluding tert-OH is 1. The molecule has 176 valence electrons. The van der Waals surface area contributed by atoms with Gasteiger partial charge in [-0.25, -0.2) is 0 Å². The molecule has 2 N–H and O–H groups in total. The van der Waals surface area contributed by atoms with E-state index < -0.39 is 15.4 Å². The van der Waals surface area contributed by atoms with Gasteiger partial charge in [-0.2, -0.15) is 8.42 Å². The van der Waals surface area contributed by atoms with Crippen molar-refractivity contribution in [2.75, 3.05) is 0 Å². The van der Waals surface area contributed by atoms with Crippen LogP contribution >= 0.6 is 0 Å². The fourth-order valence-corrected chi connectivity index (χ4v) is 4.93. The van der Waals surface area contributed by atoms with Crippen LogP contribution in [0.1, 0.15) is 142 Å². The third kappa shape index (κ3) is 19.6. The topological polar surface area (TPSA) is 74.6 Å². The molecular formula is C24H50O4S. The van der Waals surface area contributed by atoms with Crippen LogP contribution < -0.4 is 0 Å². The molecule has 2 atom stereocenters. The Morgan fingerprint density at radius 1 is 0.552 bits per heavy atom.